The number of hydrazine groups is 1. The maximum absolute atomic E-state index is 14.5. The van der Waals surface area contributed by atoms with Crippen molar-refractivity contribution >= 4 is 29.2 Å². The van der Waals surface area contributed by atoms with E-state index in [2.05, 4.69) is 10.6 Å². The molecule has 4 amide bonds. The predicted molar refractivity (Wildman–Crippen MR) is 184 cm³/mol. The number of rotatable bonds is 10. The number of carbonyl (C=O) groups is 3. The highest BCUT2D eigenvalue weighted by Gasteiger charge is 2.51. The number of benzene rings is 4. The van der Waals surface area contributed by atoms with Crippen LogP contribution in [0.1, 0.15) is 27.8 Å². The molecule has 11 nitrogen and oxygen atoms in total. The lowest BCUT2D eigenvalue weighted by atomic mass is 9.98. The number of aryl methyl sites for hydroxylation is 1. The summed E-state index contributed by atoms with van der Waals surface area (Å²) in [6.45, 7) is 1.36. The number of carbonyl (C=O) groups excluding carboxylic acids is 3. The van der Waals surface area contributed by atoms with Crippen LogP contribution in [0.25, 0.3) is 0 Å². The fourth-order valence-electron chi connectivity index (χ4n) is 6.56. The summed E-state index contributed by atoms with van der Waals surface area (Å²) in [5, 5.41) is 18.6. The number of anilines is 2. The SMILES string of the molecule is Cc1cccc(CN2C[C@H]3N(C(=O)CN(CF)N3C(=O)NCc3ccccc3)[C@@H](Cc3ccc(O)cc3)C2=O)c1NCc1cccc(N)c1. The van der Waals surface area contributed by atoms with Crippen molar-refractivity contribution in [2.75, 3.05) is 30.9 Å². The number of hydrogen-bond donors (Lipinski definition) is 4. The summed E-state index contributed by atoms with van der Waals surface area (Å²) < 4.78 is 14.5. The molecule has 254 valence electrons. The first-order valence-corrected chi connectivity index (χ1v) is 16.2. The Bertz CT molecular complexity index is 1810. The minimum absolute atomic E-state index is 0.0332. The van der Waals surface area contributed by atoms with Crippen molar-refractivity contribution < 1.29 is 23.9 Å². The van der Waals surface area contributed by atoms with Gasteiger partial charge in [-0.25, -0.2) is 14.2 Å². The first kappa shape index (κ1) is 33.3. The topological polar surface area (TPSA) is 134 Å². The lowest BCUT2D eigenvalue weighted by molar-refractivity contribution is -0.195. The molecule has 4 aromatic carbocycles. The number of halogens is 1. The number of alkyl halides is 1. The molecule has 0 aliphatic carbocycles. The minimum atomic E-state index is -1.07. The van der Waals surface area contributed by atoms with Gasteiger partial charge in [0.25, 0.3) is 0 Å². The summed E-state index contributed by atoms with van der Waals surface area (Å²) in [5.74, 6) is -0.671. The van der Waals surface area contributed by atoms with Gasteiger partial charge in [0.15, 0.2) is 6.80 Å². The molecule has 5 N–H and O–H groups in total. The van der Waals surface area contributed by atoms with E-state index in [1.807, 2.05) is 79.7 Å². The molecule has 6 rings (SSSR count). The number of hydrogen-bond acceptors (Lipinski definition) is 7. The number of fused-ring (bicyclic) bond motifs is 1. The molecule has 2 aliphatic rings. The van der Waals surface area contributed by atoms with Gasteiger partial charge in [0.05, 0.1) is 6.54 Å². The Balaban J connectivity index is 1.32. The highest BCUT2D eigenvalue weighted by molar-refractivity contribution is 5.91. The number of phenolic OH excluding ortho intramolecular Hbond substituents is 1. The third-order valence-electron chi connectivity index (χ3n) is 8.97. The van der Waals surface area contributed by atoms with Crippen LogP contribution in [0.4, 0.5) is 20.6 Å². The fourth-order valence-corrected chi connectivity index (χ4v) is 6.56. The fraction of sp³-hybridized carbons (Fsp3) is 0.270. The van der Waals surface area contributed by atoms with Gasteiger partial charge in [0.2, 0.25) is 11.8 Å². The van der Waals surface area contributed by atoms with Crippen molar-refractivity contribution in [3.05, 3.63) is 125 Å². The van der Waals surface area contributed by atoms with Crippen LogP contribution in [0.2, 0.25) is 0 Å². The third kappa shape index (κ3) is 7.44. The molecule has 0 aromatic heterocycles. The van der Waals surface area contributed by atoms with Gasteiger partial charge in [-0.05, 0) is 59.0 Å². The number of amides is 4. The number of piperazine rings is 1. The van der Waals surface area contributed by atoms with E-state index in [1.54, 1.807) is 17.0 Å². The first-order valence-electron chi connectivity index (χ1n) is 16.2. The van der Waals surface area contributed by atoms with Gasteiger partial charge in [0.1, 0.15) is 24.5 Å². The monoisotopic (exact) mass is 665 g/mol. The van der Waals surface area contributed by atoms with E-state index in [4.69, 9.17) is 5.73 Å². The summed E-state index contributed by atoms with van der Waals surface area (Å²) in [7, 11) is 0. The second-order valence-corrected chi connectivity index (χ2v) is 12.4. The molecule has 0 unspecified atom stereocenters. The molecular weight excluding hydrogens is 625 g/mol. The molecule has 2 aliphatic heterocycles. The van der Waals surface area contributed by atoms with Crippen LogP contribution in [0, 0.1) is 6.92 Å². The molecule has 2 atom stereocenters. The number of nitrogen functional groups attached to an aromatic ring is 1. The van der Waals surface area contributed by atoms with Crippen LogP contribution in [0.3, 0.4) is 0 Å². The van der Waals surface area contributed by atoms with Gasteiger partial charge in [-0.3, -0.25) is 9.59 Å². The maximum Gasteiger partial charge on any atom is 0.334 e. The molecule has 2 heterocycles. The van der Waals surface area contributed by atoms with E-state index in [9.17, 15) is 23.9 Å². The van der Waals surface area contributed by atoms with E-state index in [1.165, 1.54) is 22.0 Å². The summed E-state index contributed by atoms with van der Waals surface area (Å²) in [5.41, 5.74) is 11.9. The van der Waals surface area contributed by atoms with E-state index >= 15 is 0 Å². The lowest BCUT2D eigenvalue weighted by Crippen LogP contribution is -2.76. The van der Waals surface area contributed by atoms with Crippen molar-refractivity contribution in [3.63, 3.8) is 0 Å². The van der Waals surface area contributed by atoms with E-state index < -0.39 is 37.5 Å². The minimum Gasteiger partial charge on any atom is -0.508 e. The number of aromatic hydroxyl groups is 1. The molecule has 2 fully saturated rings. The first-order chi connectivity index (χ1) is 23.7. The summed E-state index contributed by atoms with van der Waals surface area (Å²) in [6, 6.07) is 27.7. The van der Waals surface area contributed by atoms with Crippen molar-refractivity contribution in [2.24, 2.45) is 0 Å². The molecular formula is C37H40FN7O4. The molecule has 49 heavy (non-hydrogen) atoms. The quantitative estimate of drug-likeness (QED) is 0.146. The molecule has 12 heteroatoms. The van der Waals surface area contributed by atoms with Crippen LogP contribution in [0.5, 0.6) is 5.75 Å². The molecule has 4 aromatic rings. The number of nitrogens with one attached hydrogen (secondary N) is 2. The normalized spacial score (nSPS) is 18.0. The Morgan fingerprint density at radius 3 is 2.39 bits per heavy atom. The third-order valence-corrected chi connectivity index (χ3v) is 8.97. The van der Waals surface area contributed by atoms with Gasteiger partial charge in [-0.1, -0.05) is 72.8 Å². The van der Waals surface area contributed by atoms with Crippen molar-refractivity contribution in [1.82, 2.24) is 25.1 Å². The molecule has 0 saturated carbocycles. The Morgan fingerprint density at radius 2 is 1.65 bits per heavy atom. The summed E-state index contributed by atoms with van der Waals surface area (Å²) in [4.78, 5) is 45.0. The van der Waals surface area contributed by atoms with Gasteiger partial charge < -0.3 is 31.3 Å². The van der Waals surface area contributed by atoms with Gasteiger partial charge >= 0.3 is 6.03 Å². The Hall–Kier alpha value is -5.62. The molecule has 2 saturated heterocycles. The highest BCUT2D eigenvalue weighted by Crippen LogP contribution is 2.31. The molecule has 0 spiro atoms. The average molecular weight is 666 g/mol. The van der Waals surface area contributed by atoms with Crippen molar-refractivity contribution in [1.29, 1.82) is 0 Å². The standard InChI is InChI=1S/C37H40FN7O4/c1-25-7-5-11-29(35(25)40-20-28-10-6-12-30(39)17-28)21-42-22-33-44(32(36(42)48)18-26-13-15-31(46)16-14-26)34(47)23-43(24-38)45(33)37(49)41-19-27-8-3-2-4-9-27/h2-17,32-33,40,46H,18-24,39H2,1H3,(H,41,49)/t32-,33-/m0/s1. The lowest BCUT2D eigenvalue weighted by Gasteiger charge is -2.54. The Kier molecular flexibility index (Phi) is 9.95. The average Bonchev–Trinajstić information content (AvgIpc) is 3.10. The summed E-state index contributed by atoms with van der Waals surface area (Å²) in [6.07, 6.45) is -0.831. The van der Waals surface area contributed by atoms with Gasteiger partial charge in [-0.2, -0.15) is 5.01 Å². The second-order valence-electron chi connectivity index (χ2n) is 12.4. The summed E-state index contributed by atoms with van der Waals surface area (Å²) >= 11 is 0. The zero-order valence-corrected chi connectivity index (χ0v) is 27.3. The van der Waals surface area contributed by atoms with Gasteiger partial charge in [0, 0.05) is 37.4 Å². The predicted octanol–water partition coefficient (Wildman–Crippen LogP) is 4.37. The Labute approximate surface area is 284 Å². The van der Waals surface area contributed by atoms with Crippen LogP contribution >= 0.6 is 0 Å². The van der Waals surface area contributed by atoms with E-state index in [-0.39, 0.29) is 37.7 Å². The van der Waals surface area contributed by atoms with Crippen LogP contribution in [-0.2, 0) is 35.6 Å². The van der Waals surface area contributed by atoms with Crippen molar-refractivity contribution in [3.8, 4) is 5.75 Å². The number of nitrogens with two attached hydrogens (primary N) is 1. The van der Waals surface area contributed by atoms with Crippen molar-refractivity contribution in [2.45, 2.75) is 45.2 Å². The van der Waals surface area contributed by atoms with E-state index in [0.717, 1.165) is 38.5 Å². The largest absolute Gasteiger partial charge is 0.508 e. The number of phenols is 1. The smallest absolute Gasteiger partial charge is 0.334 e. The maximum atomic E-state index is 14.5. The number of nitrogens with zero attached hydrogens (tertiary/aromatic N) is 4. The van der Waals surface area contributed by atoms with Crippen LogP contribution < -0.4 is 16.4 Å². The van der Waals surface area contributed by atoms with Crippen LogP contribution in [0.15, 0.2) is 97.1 Å². The zero-order chi connectivity index (χ0) is 34.5. The zero-order valence-electron chi connectivity index (χ0n) is 27.3. The molecule has 0 bridgehead atoms. The molecule has 0 radical (unpaired) electrons. The van der Waals surface area contributed by atoms with Crippen LogP contribution in [-0.4, -0.2) is 74.9 Å². The second kappa shape index (κ2) is 14.7. The van der Waals surface area contributed by atoms with E-state index in [0.29, 0.717) is 12.2 Å². The Morgan fingerprint density at radius 1 is 0.918 bits per heavy atom. The highest BCUT2D eigenvalue weighted by atomic mass is 19.1. The number of urea groups is 1. The van der Waals surface area contributed by atoms with Gasteiger partial charge in [-0.15, -0.1) is 0 Å². The number of para-hydroxylation sites is 1.